The first-order valence-electron chi connectivity index (χ1n) is 11.4. The SMILES string of the molecule is O=C(NCCCn1nc2ccccc2c1C(=O)NCc1ccc(C(=O)O)cc1)Nc1cc(F)cc(F)c1. The molecule has 0 aliphatic rings. The second kappa shape index (κ2) is 11.3. The fourth-order valence-corrected chi connectivity index (χ4v) is 3.74. The second-order valence-corrected chi connectivity index (χ2v) is 8.17. The summed E-state index contributed by atoms with van der Waals surface area (Å²) >= 11 is 0. The number of aryl methyl sites for hydroxylation is 1. The van der Waals surface area contributed by atoms with Gasteiger partial charge >= 0.3 is 12.0 Å². The molecule has 37 heavy (non-hydrogen) atoms. The number of nitrogens with one attached hydrogen (secondary N) is 3. The van der Waals surface area contributed by atoms with Crippen LogP contribution in [-0.4, -0.2) is 39.3 Å². The molecule has 0 spiro atoms. The van der Waals surface area contributed by atoms with Gasteiger partial charge in [0.2, 0.25) is 0 Å². The Bertz CT molecular complexity index is 1430. The van der Waals surface area contributed by atoms with E-state index in [0.717, 1.165) is 17.7 Å². The Morgan fingerprint density at radius 2 is 1.62 bits per heavy atom. The Labute approximate surface area is 210 Å². The molecule has 1 aromatic heterocycles. The number of hydrogen-bond donors (Lipinski definition) is 4. The molecule has 0 bridgehead atoms. The zero-order valence-electron chi connectivity index (χ0n) is 19.5. The van der Waals surface area contributed by atoms with Gasteiger partial charge in [-0.1, -0.05) is 30.3 Å². The van der Waals surface area contributed by atoms with E-state index in [1.54, 1.807) is 35.0 Å². The van der Waals surface area contributed by atoms with Crippen molar-refractivity contribution in [3.63, 3.8) is 0 Å². The molecule has 1 heterocycles. The third kappa shape index (κ3) is 6.45. The minimum absolute atomic E-state index is 0.00937. The lowest BCUT2D eigenvalue weighted by Gasteiger charge is -2.11. The summed E-state index contributed by atoms with van der Waals surface area (Å²) in [6.07, 6.45) is 0.426. The molecule has 0 saturated carbocycles. The first-order valence-corrected chi connectivity index (χ1v) is 11.4. The van der Waals surface area contributed by atoms with Crippen molar-refractivity contribution in [2.45, 2.75) is 19.5 Å². The highest BCUT2D eigenvalue weighted by molar-refractivity contribution is 6.05. The average molecular weight is 507 g/mol. The molecule has 9 nitrogen and oxygen atoms in total. The summed E-state index contributed by atoms with van der Waals surface area (Å²) < 4.78 is 28.1. The molecule has 3 amide bonds. The van der Waals surface area contributed by atoms with Crippen molar-refractivity contribution in [1.29, 1.82) is 0 Å². The maximum atomic E-state index is 13.3. The summed E-state index contributed by atoms with van der Waals surface area (Å²) in [5.74, 6) is -2.98. The fraction of sp³-hybridized carbons (Fsp3) is 0.154. The van der Waals surface area contributed by atoms with Crippen LogP contribution in [0.3, 0.4) is 0 Å². The Hall–Kier alpha value is -4.80. The zero-order valence-corrected chi connectivity index (χ0v) is 19.5. The van der Waals surface area contributed by atoms with Crippen LogP contribution in [0, 0.1) is 11.6 Å². The monoisotopic (exact) mass is 507 g/mol. The van der Waals surface area contributed by atoms with Crippen LogP contribution in [0.15, 0.2) is 66.7 Å². The smallest absolute Gasteiger partial charge is 0.335 e. The normalized spacial score (nSPS) is 10.8. The molecular formula is C26H23F2N5O4. The van der Waals surface area contributed by atoms with Gasteiger partial charge in [0.15, 0.2) is 0 Å². The first kappa shape index (κ1) is 25.3. The van der Waals surface area contributed by atoms with E-state index in [0.29, 0.717) is 35.6 Å². The molecule has 3 aromatic carbocycles. The van der Waals surface area contributed by atoms with Crippen LogP contribution in [0.4, 0.5) is 19.3 Å². The van der Waals surface area contributed by atoms with Crippen molar-refractivity contribution in [3.8, 4) is 0 Å². The van der Waals surface area contributed by atoms with Crippen molar-refractivity contribution in [1.82, 2.24) is 20.4 Å². The topological polar surface area (TPSA) is 125 Å². The molecule has 0 fully saturated rings. The minimum atomic E-state index is -1.03. The summed E-state index contributed by atoms with van der Waals surface area (Å²) in [6, 6.07) is 15.5. The number of aromatic nitrogens is 2. The van der Waals surface area contributed by atoms with E-state index >= 15 is 0 Å². The van der Waals surface area contributed by atoms with Gasteiger partial charge in [-0.2, -0.15) is 5.10 Å². The highest BCUT2D eigenvalue weighted by atomic mass is 19.1. The predicted molar refractivity (Wildman–Crippen MR) is 132 cm³/mol. The molecule has 190 valence electrons. The number of anilines is 1. The van der Waals surface area contributed by atoms with Crippen LogP contribution >= 0.6 is 0 Å². The number of amides is 3. The number of carbonyl (C=O) groups is 3. The third-order valence-electron chi connectivity index (χ3n) is 5.47. The van der Waals surface area contributed by atoms with Gasteiger partial charge in [0.05, 0.1) is 11.1 Å². The van der Waals surface area contributed by atoms with Gasteiger partial charge in [-0.05, 0) is 42.3 Å². The summed E-state index contributed by atoms with van der Waals surface area (Å²) in [4.78, 5) is 36.1. The second-order valence-electron chi connectivity index (χ2n) is 8.17. The van der Waals surface area contributed by atoms with E-state index < -0.39 is 23.6 Å². The number of rotatable bonds is 9. The van der Waals surface area contributed by atoms with Gasteiger partial charge in [0.1, 0.15) is 17.3 Å². The molecule has 4 rings (SSSR count). The molecule has 0 aliphatic carbocycles. The van der Waals surface area contributed by atoms with E-state index in [-0.39, 0.29) is 30.2 Å². The van der Waals surface area contributed by atoms with E-state index in [1.165, 1.54) is 12.1 Å². The first-order chi connectivity index (χ1) is 17.8. The van der Waals surface area contributed by atoms with E-state index in [9.17, 15) is 23.2 Å². The Morgan fingerprint density at radius 1 is 0.919 bits per heavy atom. The highest BCUT2D eigenvalue weighted by Crippen LogP contribution is 2.19. The van der Waals surface area contributed by atoms with Crippen LogP contribution in [0.1, 0.15) is 32.8 Å². The number of nitrogens with zero attached hydrogens (tertiary/aromatic N) is 2. The molecule has 0 aliphatic heterocycles. The lowest BCUT2D eigenvalue weighted by molar-refractivity contribution is 0.0696. The number of carboxylic acid groups (broad SMARTS) is 1. The predicted octanol–water partition coefficient (Wildman–Crippen LogP) is 4.15. The number of halogens is 2. The van der Waals surface area contributed by atoms with Crippen LogP contribution in [0.5, 0.6) is 0 Å². The number of hydrogen-bond acceptors (Lipinski definition) is 4. The molecule has 0 atom stereocenters. The number of aromatic carboxylic acids is 1. The van der Waals surface area contributed by atoms with Gasteiger partial charge < -0.3 is 21.1 Å². The molecule has 4 aromatic rings. The quantitative estimate of drug-likeness (QED) is 0.253. The molecule has 0 unspecified atom stereocenters. The van der Waals surface area contributed by atoms with Gasteiger partial charge in [0, 0.05) is 36.8 Å². The van der Waals surface area contributed by atoms with E-state index in [4.69, 9.17) is 5.11 Å². The van der Waals surface area contributed by atoms with Crippen LogP contribution in [-0.2, 0) is 13.1 Å². The van der Waals surface area contributed by atoms with E-state index in [1.807, 2.05) is 6.07 Å². The van der Waals surface area contributed by atoms with Crippen LogP contribution in [0.2, 0.25) is 0 Å². The number of fused-ring (bicyclic) bond motifs is 1. The Morgan fingerprint density at radius 3 is 2.32 bits per heavy atom. The fourth-order valence-electron chi connectivity index (χ4n) is 3.74. The van der Waals surface area contributed by atoms with Gasteiger partial charge in [-0.15, -0.1) is 0 Å². The standard InChI is InChI=1S/C26H23F2N5O4/c27-18-12-19(28)14-20(13-18)31-26(37)29-10-3-11-33-23(21-4-1-2-5-22(21)32-33)24(34)30-15-16-6-8-17(9-7-16)25(35)36/h1-2,4-9,12-14H,3,10-11,15H2,(H,30,34)(H,35,36)(H2,29,31,37). The average Bonchev–Trinajstić information content (AvgIpc) is 3.23. The molecular weight excluding hydrogens is 484 g/mol. The molecule has 11 heteroatoms. The maximum absolute atomic E-state index is 13.3. The third-order valence-corrected chi connectivity index (χ3v) is 5.47. The van der Waals surface area contributed by atoms with E-state index in [2.05, 4.69) is 21.0 Å². The molecule has 4 N–H and O–H groups in total. The van der Waals surface area contributed by atoms with Crippen molar-refractivity contribution >= 4 is 34.5 Å². The van der Waals surface area contributed by atoms with Gasteiger partial charge in [-0.25, -0.2) is 18.4 Å². The Balaban J connectivity index is 1.37. The summed E-state index contributed by atoms with van der Waals surface area (Å²) in [5, 5.41) is 22.0. The zero-order chi connectivity index (χ0) is 26.4. The number of benzene rings is 3. The molecule has 0 radical (unpaired) electrons. The van der Waals surface area contributed by atoms with Crippen LogP contribution < -0.4 is 16.0 Å². The number of urea groups is 1. The van der Waals surface area contributed by atoms with Crippen molar-refractivity contribution in [2.75, 3.05) is 11.9 Å². The number of carboxylic acids is 1. The van der Waals surface area contributed by atoms with Crippen LogP contribution in [0.25, 0.3) is 10.9 Å². The lowest BCUT2D eigenvalue weighted by atomic mass is 10.1. The highest BCUT2D eigenvalue weighted by Gasteiger charge is 2.18. The van der Waals surface area contributed by atoms with Crippen molar-refractivity contribution < 1.29 is 28.3 Å². The van der Waals surface area contributed by atoms with Gasteiger partial charge in [-0.3, -0.25) is 9.48 Å². The Kier molecular flexibility index (Phi) is 7.72. The molecule has 0 saturated heterocycles. The lowest BCUT2D eigenvalue weighted by Crippen LogP contribution is -2.31. The summed E-state index contributed by atoms with van der Waals surface area (Å²) in [6.45, 7) is 0.733. The van der Waals surface area contributed by atoms with Gasteiger partial charge in [0.25, 0.3) is 5.91 Å². The van der Waals surface area contributed by atoms with Crippen molar-refractivity contribution in [2.24, 2.45) is 0 Å². The van der Waals surface area contributed by atoms with Crippen molar-refractivity contribution in [3.05, 3.63) is 95.2 Å². The minimum Gasteiger partial charge on any atom is -0.478 e. The largest absolute Gasteiger partial charge is 0.478 e. The summed E-state index contributed by atoms with van der Waals surface area (Å²) in [7, 11) is 0. The number of carbonyl (C=O) groups excluding carboxylic acids is 2. The maximum Gasteiger partial charge on any atom is 0.335 e. The summed E-state index contributed by atoms with van der Waals surface area (Å²) in [5.41, 5.74) is 1.88.